The topological polar surface area (TPSA) is 109 Å². The first-order valence-electron chi connectivity index (χ1n) is 5.77. The number of nitrogens with zero attached hydrogens (tertiary/aromatic N) is 2. The lowest BCUT2D eigenvalue weighted by Crippen LogP contribution is -2.22. The predicted octanol–water partition coefficient (Wildman–Crippen LogP) is 0.319. The normalized spacial score (nSPS) is 10.1. The number of pyridine rings is 1. The van der Waals surface area contributed by atoms with E-state index in [1.807, 2.05) is 0 Å². The van der Waals surface area contributed by atoms with Crippen molar-refractivity contribution >= 4 is 23.3 Å². The molecule has 2 amide bonds. The molecule has 0 spiro atoms. The molecule has 8 nitrogen and oxygen atoms in total. The number of carbonyl (C=O) groups excluding carboxylic acids is 2. The fourth-order valence-corrected chi connectivity index (χ4v) is 1.61. The average Bonchev–Trinajstić information content (AvgIpc) is 2.72. The van der Waals surface area contributed by atoms with Gasteiger partial charge in [-0.15, -0.1) is 0 Å². The second-order valence-corrected chi connectivity index (χ2v) is 4.07. The van der Waals surface area contributed by atoms with E-state index in [-0.39, 0.29) is 23.1 Å². The van der Waals surface area contributed by atoms with Crippen LogP contribution in [-0.4, -0.2) is 26.3 Å². The number of nitrogens with one attached hydrogen (secondary N) is 3. The highest BCUT2D eigenvalue weighted by molar-refractivity contribution is 6.05. The van der Waals surface area contributed by atoms with Gasteiger partial charge in [0.2, 0.25) is 5.91 Å². The quantitative estimate of drug-likeness (QED) is 0.749. The van der Waals surface area contributed by atoms with Gasteiger partial charge in [0.25, 0.3) is 5.91 Å². The van der Waals surface area contributed by atoms with E-state index < -0.39 is 5.91 Å². The van der Waals surface area contributed by atoms with Crippen LogP contribution < -0.4 is 16.3 Å². The molecule has 104 valence electrons. The average molecular weight is 275 g/mol. The molecule has 2 aromatic rings. The van der Waals surface area contributed by atoms with Crippen molar-refractivity contribution in [2.24, 2.45) is 7.05 Å². The van der Waals surface area contributed by atoms with Crippen LogP contribution >= 0.6 is 0 Å². The van der Waals surface area contributed by atoms with E-state index in [0.717, 1.165) is 0 Å². The third kappa shape index (κ3) is 2.74. The van der Waals surface area contributed by atoms with Crippen LogP contribution in [0.1, 0.15) is 17.4 Å². The molecular weight excluding hydrogens is 262 g/mol. The van der Waals surface area contributed by atoms with Crippen molar-refractivity contribution in [3.63, 3.8) is 0 Å². The molecule has 0 unspecified atom stereocenters. The standard InChI is InChI=1S/C12H13N5O3/c1-7(18)15-10-8(4-3-5-13-10)16-11(19)9-6-14-12(20)17(9)2/h3-6H,1-2H3,(H,14,20)(H,16,19)(H,13,15,18). The summed E-state index contributed by atoms with van der Waals surface area (Å²) < 4.78 is 1.18. The first kappa shape index (κ1) is 13.5. The van der Waals surface area contributed by atoms with Crippen molar-refractivity contribution in [1.29, 1.82) is 0 Å². The summed E-state index contributed by atoms with van der Waals surface area (Å²) in [6, 6.07) is 3.22. The Bertz CT molecular complexity index is 716. The molecule has 8 heteroatoms. The molecule has 2 heterocycles. The Hall–Kier alpha value is -2.90. The van der Waals surface area contributed by atoms with Crippen molar-refractivity contribution in [3.05, 3.63) is 40.7 Å². The van der Waals surface area contributed by atoms with Crippen LogP contribution in [0.3, 0.4) is 0 Å². The minimum atomic E-state index is -0.481. The lowest BCUT2D eigenvalue weighted by atomic mass is 10.3. The summed E-state index contributed by atoms with van der Waals surface area (Å²) in [6.07, 6.45) is 2.80. The van der Waals surface area contributed by atoms with Crippen molar-refractivity contribution in [2.75, 3.05) is 10.6 Å². The maximum absolute atomic E-state index is 12.1. The minimum Gasteiger partial charge on any atom is -0.317 e. The van der Waals surface area contributed by atoms with Gasteiger partial charge in [-0.25, -0.2) is 9.78 Å². The molecule has 0 radical (unpaired) electrons. The van der Waals surface area contributed by atoms with E-state index in [1.54, 1.807) is 12.1 Å². The van der Waals surface area contributed by atoms with E-state index in [2.05, 4.69) is 20.6 Å². The number of hydrogen-bond donors (Lipinski definition) is 3. The Balaban J connectivity index is 2.26. The summed E-state index contributed by atoms with van der Waals surface area (Å²) in [5, 5.41) is 5.10. The number of H-pyrrole nitrogens is 1. The first-order chi connectivity index (χ1) is 9.49. The van der Waals surface area contributed by atoms with E-state index in [4.69, 9.17) is 0 Å². The number of aromatic nitrogens is 3. The molecule has 0 fully saturated rings. The molecular formula is C12H13N5O3. The van der Waals surface area contributed by atoms with Gasteiger partial charge in [0.1, 0.15) is 5.69 Å². The largest absolute Gasteiger partial charge is 0.325 e. The zero-order valence-electron chi connectivity index (χ0n) is 10.9. The van der Waals surface area contributed by atoms with Crippen molar-refractivity contribution in [3.8, 4) is 0 Å². The maximum Gasteiger partial charge on any atom is 0.325 e. The van der Waals surface area contributed by atoms with Gasteiger partial charge in [0, 0.05) is 26.4 Å². The number of amides is 2. The molecule has 3 N–H and O–H groups in total. The van der Waals surface area contributed by atoms with E-state index in [9.17, 15) is 14.4 Å². The number of aromatic amines is 1. The Kier molecular flexibility index (Phi) is 3.65. The van der Waals surface area contributed by atoms with Crippen LogP contribution in [0.25, 0.3) is 0 Å². The molecule has 0 saturated heterocycles. The van der Waals surface area contributed by atoms with Gasteiger partial charge in [-0.3, -0.25) is 14.2 Å². The monoisotopic (exact) mass is 275 g/mol. The number of anilines is 2. The minimum absolute atomic E-state index is 0.174. The molecule has 0 aliphatic carbocycles. The highest BCUT2D eigenvalue weighted by Crippen LogP contribution is 2.18. The lowest BCUT2D eigenvalue weighted by molar-refractivity contribution is -0.114. The van der Waals surface area contributed by atoms with E-state index >= 15 is 0 Å². The molecule has 20 heavy (non-hydrogen) atoms. The Morgan fingerprint density at radius 2 is 2.10 bits per heavy atom. The van der Waals surface area contributed by atoms with Crippen molar-refractivity contribution in [2.45, 2.75) is 6.92 Å². The Morgan fingerprint density at radius 1 is 1.35 bits per heavy atom. The summed E-state index contributed by atoms with van der Waals surface area (Å²) in [5.41, 5.74) is 0.136. The van der Waals surface area contributed by atoms with Crippen LogP contribution in [-0.2, 0) is 11.8 Å². The van der Waals surface area contributed by atoms with Gasteiger partial charge in [0.15, 0.2) is 5.82 Å². The third-order valence-electron chi connectivity index (χ3n) is 2.58. The SMILES string of the molecule is CC(=O)Nc1ncccc1NC(=O)c1c[nH]c(=O)n1C. The first-order valence-corrected chi connectivity index (χ1v) is 5.77. The number of hydrogen-bond acceptors (Lipinski definition) is 4. The highest BCUT2D eigenvalue weighted by Gasteiger charge is 2.14. The summed E-state index contributed by atoms with van der Waals surface area (Å²) >= 11 is 0. The molecule has 0 atom stereocenters. The highest BCUT2D eigenvalue weighted by atomic mass is 16.2. The van der Waals surface area contributed by atoms with Gasteiger partial charge >= 0.3 is 5.69 Å². The van der Waals surface area contributed by atoms with Crippen molar-refractivity contribution in [1.82, 2.24) is 14.5 Å². The van der Waals surface area contributed by atoms with Crippen LogP contribution in [0.4, 0.5) is 11.5 Å². The Morgan fingerprint density at radius 3 is 2.70 bits per heavy atom. The zero-order valence-corrected chi connectivity index (χ0v) is 10.9. The Labute approximate surface area is 113 Å². The van der Waals surface area contributed by atoms with Crippen LogP contribution in [0, 0.1) is 0 Å². The summed E-state index contributed by atoms with van der Waals surface area (Å²) in [7, 11) is 1.48. The van der Waals surface area contributed by atoms with Crippen LogP contribution in [0.5, 0.6) is 0 Å². The van der Waals surface area contributed by atoms with Gasteiger partial charge in [-0.1, -0.05) is 0 Å². The second kappa shape index (κ2) is 5.39. The maximum atomic E-state index is 12.1. The molecule has 2 rings (SSSR count). The summed E-state index contributed by atoms with van der Waals surface area (Å²) in [5.74, 6) is -0.535. The zero-order chi connectivity index (χ0) is 14.7. The summed E-state index contributed by atoms with van der Waals surface area (Å²) in [6.45, 7) is 1.34. The van der Waals surface area contributed by atoms with Gasteiger partial charge in [0.05, 0.1) is 5.69 Å². The third-order valence-corrected chi connectivity index (χ3v) is 2.58. The van der Waals surface area contributed by atoms with Crippen LogP contribution in [0.15, 0.2) is 29.3 Å². The fourth-order valence-electron chi connectivity index (χ4n) is 1.61. The number of imidazole rings is 1. The van der Waals surface area contributed by atoms with E-state index in [0.29, 0.717) is 5.69 Å². The summed E-state index contributed by atoms with van der Waals surface area (Å²) in [4.78, 5) is 40.8. The molecule has 0 aromatic carbocycles. The van der Waals surface area contributed by atoms with Crippen molar-refractivity contribution < 1.29 is 9.59 Å². The molecule has 0 aliphatic heterocycles. The molecule has 0 saturated carbocycles. The predicted molar refractivity (Wildman–Crippen MR) is 72.5 cm³/mol. The molecule has 2 aromatic heterocycles. The van der Waals surface area contributed by atoms with Gasteiger partial charge < -0.3 is 15.6 Å². The molecule has 0 bridgehead atoms. The molecule has 0 aliphatic rings. The number of rotatable bonds is 3. The second-order valence-electron chi connectivity index (χ2n) is 4.07. The van der Waals surface area contributed by atoms with Gasteiger partial charge in [-0.2, -0.15) is 0 Å². The fraction of sp³-hybridized carbons (Fsp3) is 0.167. The number of carbonyl (C=O) groups is 2. The van der Waals surface area contributed by atoms with Crippen LogP contribution in [0.2, 0.25) is 0 Å². The van der Waals surface area contributed by atoms with Gasteiger partial charge in [-0.05, 0) is 12.1 Å². The lowest BCUT2D eigenvalue weighted by Gasteiger charge is -2.09. The smallest absolute Gasteiger partial charge is 0.317 e. The van der Waals surface area contributed by atoms with E-state index in [1.165, 1.54) is 30.9 Å².